The van der Waals surface area contributed by atoms with E-state index in [9.17, 15) is 4.79 Å². The monoisotopic (exact) mass is 345 g/mol. The number of hydrogen-bond donors (Lipinski definition) is 2. The second-order valence-electron chi connectivity index (χ2n) is 7.24. The number of piperazine rings is 2. The molecule has 2 heterocycles. The van der Waals surface area contributed by atoms with Crippen molar-refractivity contribution in [1.82, 2.24) is 15.1 Å². The van der Waals surface area contributed by atoms with Gasteiger partial charge in [-0.3, -0.25) is 9.69 Å². The third kappa shape index (κ3) is 4.14. The molecule has 138 valence electrons. The third-order valence-corrected chi connectivity index (χ3v) is 5.38. The number of benzene rings is 1. The van der Waals surface area contributed by atoms with Crippen LogP contribution in [0, 0.1) is 0 Å². The van der Waals surface area contributed by atoms with Crippen molar-refractivity contribution in [1.29, 1.82) is 0 Å². The minimum atomic E-state index is -0.0703. The first kappa shape index (κ1) is 18.2. The highest BCUT2D eigenvalue weighted by Gasteiger charge is 2.31. The number of anilines is 1. The Hall–Kier alpha value is -1.63. The fourth-order valence-electron chi connectivity index (χ4n) is 3.79. The normalized spacial score (nSPS) is 22.5. The van der Waals surface area contributed by atoms with Crippen molar-refractivity contribution in [3.05, 3.63) is 29.8 Å². The topological polar surface area (TPSA) is 64.8 Å². The molecule has 0 aliphatic carbocycles. The number of nitrogens with two attached hydrogens (primary N) is 1. The minimum Gasteiger partial charge on any atom is -0.368 e. The molecule has 3 N–H and O–H groups in total. The van der Waals surface area contributed by atoms with Crippen molar-refractivity contribution < 1.29 is 4.79 Å². The standard InChI is InChI=1S/C19H31N5O/c1-15(2)24-8-7-21-17(14-24)19(25)23-11-9-22(10-12-23)18-6-4-3-5-16(18)13-20/h3-6,15,17,21H,7-14,20H2,1-2H3. The van der Waals surface area contributed by atoms with Gasteiger partial charge in [-0.05, 0) is 25.5 Å². The van der Waals surface area contributed by atoms with Crippen LogP contribution in [0.5, 0.6) is 0 Å². The molecule has 0 bridgehead atoms. The van der Waals surface area contributed by atoms with E-state index in [4.69, 9.17) is 5.73 Å². The van der Waals surface area contributed by atoms with E-state index in [1.807, 2.05) is 11.0 Å². The maximum Gasteiger partial charge on any atom is 0.241 e. The summed E-state index contributed by atoms with van der Waals surface area (Å²) in [6.07, 6.45) is 0. The van der Waals surface area contributed by atoms with Gasteiger partial charge >= 0.3 is 0 Å². The van der Waals surface area contributed by atoms with Crippen LogP contribution in [0.1, 0.15) is 19.4 Å². The fourth-order valence-corrected chi connectivity index (χ4v) is 3.79. The molecule has 1 atom stereocenters. The van der Waals surface area contributed by atoms with E-state index < -0.39 is 0 Å². The van der Waals surface area contributed by atoms with E-state index in [0.717, 1.165) is 45.8 Å². The lowest BCUT2D eigenvalue weighted by Gasteiger charge is -2.41. The Bertz CT molecular complexity index is 583. The summed E-state index contributed by atoms with van der Waals surface area (Å²) in [6.45, 7) is 10.9. The van der Waals surface area contributed by atoms with Crippen LogP contribution in [0.25, 0.3) is 0 Å². The van der Waals surface area contributed by atoms with Gasteiger partial charge in [0.1, 0.15) is 0 Å². The Kier molecular flexibility index (Phi) is 5.93. The highest BCUT2D eigenvalue weighted by Crippen LogP contribution is 2.21. The van der Waals surface area contributed by atoms with Crippen LogP contribution in [0.3, 0.4) is 0 Å². The summed E-state index contributed by atoms with van der Waals surface area (Å²) in [7, 11) is 0. The van der Waals surface area contributed by atoms with Crippen LogP contribution >= 0.6 is 0 Å². The quantitative estimate of drug-likeness (QED) is 0.831. The van der Waals surface area contributed by atoms with Crippen molar-refractivity contribution >= 4 is 11.6 Å². The molecule has 25 heavy (non-hydrogen) atoms. The molecule has 1 unspecified atom stereocenters. The summed E-state index contributed by atoms with van der Waals surface area (Å²) in [5.74, 6) is 0.247. The summed E-state index contributed by atoms with van der Waals surface area (Å²) >= 11 is 0. The zero-order valence-electron chi connectivity index (χ0n) is 15.4. The average Bonchev–Trinajstić information content (AvgIpc) is 2.67. The van der Waals surface area contributed by atoms with Crippen LogP contribution in [0.15, 0.2) is 24.3 Å². The van der Waals surface area contributed by atoms with Gasteiger partial charge in [-0.25, -0.2) is 0 Å². The third-order valence-electron chi connectivity index (χ3n) is 5.38. The molecule has 0 radical (unpaired) electrons. The van der Waals surface area contributed by atoms with Gasteiger partial charge in [0.2, 0.25) is 5.91 Å². The number of carbonyl (C=O) groups is 1. The Labute approximate surface area is 150 Å². The van der Waals surface area contributed by atoms with E-state index in [2.05, 4.69) is 47.2 Å². The molecule has 6 nitrogen and oxygen atoms in total. The van der Waals surface area contributed by atoms with Crippen molar-refractivity contribution in [2.75, 3.05) is 50.7 Å². The SMILES string of the molecule is CC(C)N1CCNC(C(=O)N2CCN(c3ccccc3CN)CC2)C1. The van der Waals surface area contributed by atoms with Crippen molar-refractivity contribution in [2.45, 2.75) is 32.5 Å². The van der Waals surface area contributed by atoms with E-state index in [0.29, 0.717) is 12.6 Å². The van der Waals surface area contributed by atoms with Crippen molar-refractivity contribution in [3.8, 4) is 0 Å². The summed E-state index contributed by atoms with van der Waals surface area (Å²) in [4.78, 5) is 19.6. The lowest BCUT2D eigenvalue weighted by atomic mass is 10.1. The van der Waals surface area contributed by atoms with Gasteiger partial charge < -0.3 is 20.9 Å². The van der Waals surface area contributed by atoms with Gasteiger partial charge in [0, 0.05) is 64.1 Å². The highest BCUT2D eigenvalue weighted by atomic mass is 16.2. The molecule has 1 aromatic rings. The Morgan fingerprint density at radius 2 is 1.92 bits per heavy atom. The molecule has 2 fully saturated rings. The van der Waals surface area contributed by atoms with E-state index in [1.165, 1.54) is 11.3 Å². The summed E-state index contributed by atoms with van der Waals surface area (Å²) in [5, 5.41) is 3.40. The van der Waals surface area contributed by atoms with Crippen LogP contribution in [0.2, 0.25) is 0 Å². The van der Waals surface area contributed by atoms with E-state index >= 15 is 0 Å². The second kappa shape index (κ2) is 8.17. The molecule has 0 aromatic heterocycles. The summed E-state index contributed by atoms with van der Waals surface area (Å²) < 4.78 is 0. The first-order valence-corrected chi connectivity index (χ1v) is 9.39. The van der Waals surface area contributed by atoms with Crippen LogP contribution in [-0.2, 0) is 11.3 Å². The zero-order chi connectivity index (χ0) is 17.8. The van der Waals surface area contributed by atoms with Gasteiger partial charge in [-0.2, -0.15) is 0 Å². The highest BCUT2D eigenvalue weighted by molar-refractivity contribution is 5.82. The van der Waals surface area contributed by atoms with Gasteiger partial charge in [0.05, 0.1) is 6.04 Å². The second-order valence-corrected chi connectivity index (χ2v) is 7.24. The first-order chi connectivity index (χ1) is 12.1. The van der Waals surface area contributed by atoms with Crippen LogP contribution < -0.4 is 16.0 Å². The van der Waals surface area contributed by atoms with Crippen molar-refractivity contribution in [2.24, 2.45) is 5.73 Å². The van der Waals surface area contributed by atoms with Crippen molar-refractivity contribution in [3.63, 3.8) is 0 Å². The minimum absolute atomic E-state index is 0.0703. The molecule has 0 saturated carbocycles. The smallest absolute Gasteiger partial charge is 0.241 e. The van der Waals surface area contributed by atoms with E-state index in [-0.39, 0.29) is 11.9 Å². The molecular formula is C19H31N5O. The maximum absolute atomic E-state index is 12.9. The maximum atomic E-state index is 12.9. The number of nitrogens with one attached hydrogen (secondary N) is 1. The molecule has 0 spiro atoms. The molecular weight excluding hydrogens is 314 g/mol. The lowest BCUT2D eigenvalue weighted by molar-refractivity contribution is -0.135. The lowest BCUT2D eigenvalue weighted by Crippen LogP contribution is -2.61. The van der Waals surface area contributed by atoms with Gasteiger partial charge in [-0.15, -0.1) is 0 Å². The molecule has 6 heteroatoms. The number of para-hydroxylation sites is 1. The largest absolute Gasteiger partial charge is 0.368 e. The first-order valence-electron chi connectivity index (χ1n) is 9.39. The van der Waals surface area contributed by atoms with E-state index in [1.54, 1.807) is 0 Å². The summed E-state index contributed by atoms with van der Waals surface area (Å²) in [6, 6.07) is 8.71. The molecule has 2 aliphatic rings. The Balaban J connectivity index is 1.57. The Morgan fingerprint density at radius 3 is 2.60 bits per heavy atom. The molecule has 2 saturated heterocycles. The number of nitrogens with zero attached hydrogens (tertiary/aromatic N) is 3. The van der Waals surface area contributed by atoms with Crippen LogP contribution in [-0.4, -0.2) is 73.6 Å². The number of hydrogen-bond acceptors (Lipinski definition) is 5. The molecule has 2 aliphatic heterocycles. The fraction of sp³-hybridized carbons (Fsp3) is 0.632. The number of carbonyl (C=O) groups excluding carboxylic acids is 1. The average molecular weight is 345 g/mol. The van der Waals surface area contributed by atoms with Gasteiger partial charge in [0.25, 0.3) is 0 Å². The van der Waals surface area contributed by atoms with Gasteiger partial charge in [-0.1, -0.05) is 18.2 Å². The summed E-state index contributed by atoms with van der Waals surface area (Å²) in [5.41, 5.74) is 8.24. The number of amides is 1. The van der Waals surface area contributed by atoms with Gasteiger partial charge in [0.15, 0.2) is 0 Å². The molecule has 1 amide bonds. The van der Waals surface area contributed by atoms with Crippen LogP contribution in [0.4, 0.5) is 5.69 Å². The Morgan fingerprint density at radius 1 is 1.20 bits per heavy atom. The molecule has 3 rings (SSSR count). The number of rotatable bonds is 4. The predicted octanol–water partition coefficient (Wildman–Crippen LogP) is 0.476. The molecule has 1 aromatic carbocycles. The predicted molar refractivity (Wildman–Crippen MR) is 102 cm³/mol. The zero-order valence-corrected chi connectivity index (χ0v) is 15.4.